The predicted molar refractivity (Wildman–Crippen MR) is 111 cm³/mol. The molecule has 3 rings (SSSR count). The van der Waals surface area contributed by atoms with E-state index in [4.69, 9.17) is 9.84 Å². The minimum absolute atomic E-state index is 0.0454. The summed E-state index contributed by atoms with van der Waals surface area (Å²) in [6, 6.07) is 8.23. The van der Waals surface area contributed by atoms with E-state index in [0.29, 0.717) is 47.9 Å². The van der Waals surface area contributed by atoms with E-state index in [-0.39, 0.29) is 29.8 Å². The molecule has 2 aromatic carbocycles. The van der Waals surface area contributed by atoms with Crippen LogP contribution >= 0.6 is 0 Å². The van der Waals surface area contributed by atoms with Gasteiger partial charge in [-0.2, -0.15) is 0 Å². The number of ether oxygens (including phenoxy) is 1. The van der Waals surface area contributed by atoms with Gasteiger partial charge in [-0.1, -0.05) is 18.2 Å². The molecular formula is C24H28F2O4. The Morgan fingerprint density at radius 3 is 2.47 bits per heavy atom. The third-order valence-electron chi connectivity index (χ3n) is 5.16. The van der Waals surface area contributed by atoms with Gasteiger partial charge in [0.15, 0.2) is 17.3 Å². The van der Waals surface area contributed by atoms with Crippen molar-refractivity contribution in [2.24, 2.45) is 0 Å². The first-order valence-corrected chi connectivity index (χ1v) is 10.2. The molecule has 1 aliphatic rings. The number of unbranched alkanes of at least 4 members (excludes halogenated alkanes) is 2. The predicted octanol–water partition coefficient (Wildman–Crippen LogP) is 4.97. The zero-order valence-electron chi connectivity index (χ0n) is 17.3. The molecular weight excluding hydrogens is 390 g/mol. The standard InChI is InChI=1S/C12H13FO2.C12H15FO2/c1-15-11-7-6-8-9(12(11)13)4-2-3-5-10(8)14;13-12-10(5-2-1-3-8-14)6-4-7-11(12)9-15/h6-7H,2-5H2,1H3;4,6-8,15H,1-3,5,9H2. The number of hydrogen-bond acceptors (Lipinski definition) is 4. The van der Waals surface area contributed by atoms with Crippen LogP contribution in [-0.2, 0) is 24.2 Å². The zero-order valence-corrected chi connectivity index (χ0v) is 17.3. The Hall–Kier alpha value is -2.60. The first-order chi connectivity index (χ1) is 14.5. The van der Waals surface area contributed by atoms with E-state index in [0.717, 1.165) is 32.0 Å². The van der Waals surface area contributed by atoms with Crippen molar-refractivity contribution in [3.8, 4) is 5.75 Å². The van der Waals surface area contributed by atoms with Gasteiger partial charge in [-0.3, -0.25) is 4.79 Å². The molecule has 0 fully saturated rings. The van der Waals surface area contributed by atoms with Crippen molar-refractivity contribution >= 4 is 12.1 Å². The molecule has 0 aliphatic heterocycles. The van der Waals surface area contributed by atoms with Gasteiger partial charge in [-0.25, -0.2) is 8.78 Å². The number of methoxy groups -OCH3 is 1. The number of aldehydes is 1. The van der Waals surface area contributed by atoms with Crippen molar-refractivity contribution in [3.05, 3.63) is 64.2 Å². The third-order valence-corrected chi connectivity index (χ3v) is 5.16. The number of aliphatic hydroxyl groups excluding tert-OH is 1. The van der Waals surface area contributed by atoms with Gasteiger partial charge in [-0.05, 0) is 56.2 Å². The summed E-state index contributed by atoms with van der Waals surface area (Å²) in [4.78, 5) is 21.7. The number of fused-ring (bicyclic) bond motifs is 1. The molecule has 0 atom stereocenters. The van der Waals surface area contributed by atoms with Crippen LogP contribution in [0.2, 0.25) is 0 Å². The molecule has 0 heterocycles. The molecule has 0 unspecified atom stereocenters. The molecule has 2 aromatic rings. The Labute approximate surface area is 175 Å². The Morgan fingerprint density at radius 2 is 1.77 bits per heavy atom. The highest BCUT2D eigenvalue weighted by atomic mass is 19.1. The summed E-state index contributed by atoms with van der Waals surface area (Å²) in [6.45, 7) is -0.270. The van der Waals surface area contributed by atoms with Crippen LogP contribution in [0.4, 0.5) is 8.78 Å². The number of Topliss-reactive ketones (excluding diaryl/α,β-unsaturated/α-hetero) is 1. The Bertz CT molecular complexity index is 865. The normalized spacial score (nSPS) is 13.0. The van der Waals surface area contributed by atoms with Crippen LogP contribution in [0.3, 0.4) is 0 Å². The number of carbonyl (C=O) groups is 2. The van der Waals surface area contributed by atoms with E-state index in [2.05, 4.69) is 0 Å². The van der Waals surface area contributed by atoms with Gasteiger partial charge in [0.25, 0.3) is 0 Å². The van der Waals surface area contributed by atoms with Crippen LogP contribution < -0.4 is 4.74 Å². The van der Waals surface area contributed by atoms with Crippen molar-refractivity contribution in [2.75, 3.05) is 7.11 Å². The molecule has 0 amide bonds. The summed E-state index contributed by atoms with van der Waals surface area (Å²) in [5, 5.41) is 8.87. The smallest absolute Gasteiger partial charge is 0.168 e. The highest BCUT2D eigenvalue weighted by Gasteiger charge is 2.20. The van der Waals surface area contributed by atoms with E-state index in [1.807, 2.05) is 0 Å². The first kappa shape index (κ1) is 23.7. The highest BCUT2D eigenvalue weighted by molar-refractivity contribution is 5.98. The fourth-order valence-corrected chi connectivity index (χ4v) is 3.48. The fraction of sp³-hybridized carbons (Fsp3) is 0.417. The molecule has 0 aromatic heterocycles. The maximum atomic E-state index is 13.8. The maximum absolute atomic E-state index is 13.8. The molecule has 0 spiro atoms. The van der Waals surface area contributed by atoms with E-state index in [1.165, 1.54) is 13.2 Å². The van der Waals surface area contributed by atoms with Gasteiger partial charge < -0.3 is 14.6 Å². The van der Waals surface area contributed by atoms with Crippen LogP contribution in [-0.4, -0.2) is 24.3 Å². The number of aliphatic hydroxyl groups is 1. The molecule has 162 valence electrons. The SMILES string of the molecule is COc1ccc2c(c1F)CCCCC2=O.O=CCCCCc1cccc(CO)c1F. The van der Waals surface area contributed by atoms with Gasteiger partial charge in [0.05, 0.1) is 13.7 Å². The number of rotatable bonds is 7. The molecule has 1 N–H and O–H groups in total. The monoisotopic (exact) mass is 418 g/mol. The fourth-order valence-electron chi connectivity index (χ4n) is 3.48. The second kappa shape index (κ2) is 12.2. The lowest BCUT2D eigenvalue weighted by Gasteiger charge is -2.09. The van der Waals surface area contributed by atoms with Crippen molar-refractivity contribution in [1.29, 1.82) is 0 Å². The number of halogens is 2. The second-order valence-corrected chi connectivity index (χ2v) is 7.20. The summed E-state index contributed by atoms with van der Waals surface area (Å²) < 4.78 is 32.3. The average Bonchev–Trinajstić information content (AvgIpc) is 2.95. The third kappa shape index (κ3) is 6.20. The largest absolute Gasteiger partial charge is 0.494 e. The number of aryl methyl sites for hydroxylation is 1. The molecule has 30 heavy (non-hydrogen) atoms. The zero-order chi connectivity index (χ0) is 21.9. The summed E-state index contributed by atoms with van der Waals surface area (Å²) in [5.41, 5.74) is 2.01. The minimum atomic E-state index is -0.370. The topological polar surface area (TPSA) is 63.6 Å². The van der Waals surface area contributed by atoms with Crippen LogP contribution in [0, 0.1) is 11.6 Å². The number of benzene rings is 2. The summed E-state index contributed by atoms with van der Waals surface area (Å²) in [6.07, 6.45) is 6.47. The Balaban J connectivity index is 0.000000214. The second-order valence-electron chi connectivity index (χ2n) is 7.20. The van der Waals surface area contributed by atoms with E-state index < -0.39 is 0 Å². The minimum Gasteiger partial charge on any atom is -0.494 e. The number of carbonyl (C=O) groups excluding carboxylic acids is 2. The lowest BCUT2D eigenvalue weighted by Crippen LogP contribution is -2.03. The van der Waals surface area contributed by atoms with Crippen LogP contribution in [0.5, 0.6) is 5.75 Å². The molecule has 0 saturated carbocycles. The van der Waals surface area contributed by atoms with E-state index in [1.54, 1.807) is 24.3 Å². The van der Waals surface area contributed by atoms with Crippen molar-refractivity contribution in [1.82, 2.24) is 0 Å². The van der Waals surface area contributed by atoms with Crippen LogP contribution in [0.15, 0.2) is 30.3 Å². The Morgan fingerprint density at radius 1 is 1.03 bits per heavy atom. The van der Waals surface area contributed by atoms with Crippen LogP contribution in [0.1, 0.15) is 65.6 Å². The molecule has 4 nitrogen and oxygen atoms in total. The lowest BCUT2D eigenvalue weighted by molar-refractivity contribution is -0.107. The number of ketones is 1. The van der Waals surface area contributed by atoms with E-state index in [9.17, 15) is 18.4 Å². The molecule has 1 aliphatic carbocycles. The highest BCUT2D eigenvalue weighted by Crippen LogP contribution is 2.28. The molecule has 6 heteroatoms. The van der Waals surface area contributed by atoms with Gasteiger partial charge in [0, 0.05) is 29.5 Å². The van der Waals surface area contributed by atoms with Crippen molar-refractivity contribution < 1.29 is 28.2 Å². The van der Waals surface area contributed by atoms with Gasteiger partial charge >= 0.3 is 0 Å². The number of hydrogen-bond donors (Lipinski definition) is 1. The van der Waals surface area contributed by atoms with E-state index >= 15 is 0 Å². The maximum Gasteiger partial charge on any atom is 0.168 e. The Kier molecular flexibility index (Phi) is 9.61. The molecule has 0 bridgehead atoms. The molecule has 0 saturated heterocycles. The summed E-state index contributed by atoms with van der Waals surface area (Å²) in [7, 11) is 1.43. The van der Waals surface area contributed by atoms with Gasteiger partial charge in [0.2, 0.25) is 0 Å². The van der Waals surface area contributed by atoms with Gasteiger partial charge in [-0.15, -0.1) is 0 Å². The summed E-state index contributed by atoms with van der Waals surface area (Å²) in [5.74, 6) is -0.413. The van der Waals surface area contributed by atoms with Crippen LogP contribution in [0.25, 0.3) is 0 Å². The lowest BCUT2D eigenvalue weighted by atomic mass is 10.0. The average molecular weight is 418 g/mol. The summed E-state index contributed by atoms with van der Waals surface area (Å²) >= 11 is 0. The quantitative estimate of drug-likeness (QED) is 0.392. The molecule has 0 radical (unpaired) electrons. The first-order valence-electron chi connectivity index (χ1n) is 10.2. The van der Waals surface area contributed by atoms with Gasteiger partial charge in [0.1, 0.15) is 12.1 Å². The van der Waals surface area contributed by atoms with Crippen molar-refractivity contribution in [2.45, 2.75) is 58.0 Å². The van der Waals surface area contributed by atoms with Crippen molar-refractivity contribution in [3.63, 3.8) is 0 Å².